The van der Waals surface area contributed by atoms with Crippen molar-refractivity contribution in [3.05, 3.63) is 0 Å². The molecule has 0 amide bonds. The summed E-state index contributed by atoms with van der Waals surface area (Å²) in [7, 11) is 0. The summed E-state index contributed by atoms with van der Waals surface area (Å²) in [5.41, 5.74) is -0.299. The molecular formula is C6N6O3. The molecule has 72 valence electrons. The van der Waals surface area contributed by atoms with Gasteiger partial charge in [0, 0.05) is 0 Å². The zero-order valence-corrected chi connectivity index (χ0v) is 6.91. The van der Waals surface area contributed by atoms with Crippen molar-refractivity contribution < 1.29 is 14.4 Å². The van der Waals surface area contributed by atoms with E-state index in [0.717, 1.165) is 0 Å². The lowest BCUT2D eigenvalue weighted by atomic mass is 10.4. The Morgan fingerprint density at radius 3 is 1.67 bits per heavy atom. The maximum Gasteiger partial charge on any atom is 0.242 e. The summed E-state index contributed by atoms with van der Waals surface area (Å²) in [5.74, 6) is -0.672. The van der Waals surface area contributed by atoms with Gasteiger partial charge in [0.05, 0.1) is 0 Å². The van der Waals surface area contributed by atoms with Gasteiger partial charge in [-0.3, -0.25) is 0 Å². The van der Waals surface area contributed by atoms with E-state index in [1.807, 2.05) is 0 Å². The molecule has 0 spiro atoms. The molecule has 9 nitrogen and oxygen atoms in total. The van der Waals surface area contributed by atoms with E-state index in [-0.39, 0.29) is 17.3 Å². The molecule has 0 fully saturated rings. The first kappa shape index (κ1) is 10.2. The molecule has 9 heteroatoms. The average molecular weight is 204 g/mol. The van der Waals surface area contributed by atoms with Crippen LogP contribution < -0.4 is 0 Å². The van der Waals surface area contributed by atoms with Crippen molar-refractivity contribution in [2.75, 3.05) is 0 Å². The van der Waals surface area contributed by atoms with Crippen LogP contribution >= 0.6 is 0 Å². The topological polar surface area (TPSA) is 127 Å². The van der Waals surface area contributed by atoms with Gasteiger partial charge in [-0.15, -0.1) is 20.2 Å². The Labute approximate surface area is 81.3 Å². The minimum Gasteiger partial charge on any atom is -0.211 e. The van der Waals surface area contributed by atoms with Crippen LogP contribution in [0.1, 0.15) is 0 Å². The number of hydrogen-bond acceptors (Lipinski definition) is 9. The van der Waals surface area contributed by atoms with Crippen molar-refractivity contribution in [3.63, 3.8) is 0 Å². The third-order valence-corrected chi connectivity index (χ3v) is 1.16. The summed E-state index contributed by atoms with van der Waals surface area (Å²) < 4.78 is 0. The Morgan fingerprint density at radius 2 is 1.27 bits per heavy atom. The van der Waals surface area contributed by atoms with Crippen LogP contribution in [0, 0.1) is 0 Å². The lowest BCUT2D eigenvalue weighted by Crippen LogP contribution is -1.87. The van der Waals surface area contributed by atoms with Crippen LogP contribution in [-0.2, 0) is 14.4 Å². The Bertz CT molecular complexity index is 485. The fraction of sp³-hybridized carbons (Fsp3) is 0. The molecule has 0 radical (unpaired) electrons. The zero-order valence-electron chi connectivity index (χ0n) is 6.91. The van der Waals surface area contributed by atoms with Gasteiger partial charge in [-0.25, -0.2) is 14.4 Å². The first-order chi connectivity index (χ1) is 7.33. The van der Waals surface area contributed by atoms with Gasteiger partial charge >= 0.3 is 0 Å². The molecule has 0 aliphatic carbocycles. The van der Waals surface area contributed by atoms with E-state index >= 15 is 0 Å². The number of aliphatic imine (C=N–C) groups is 3. The number of hydrogen-bond donors (Lipinski definition) is 0. The number of aromatic nitrogens is 3. The Hall–Kier alpha value is -2.85. The number of nitrogens with zero attached hydrogens (tertiary/aromatic N) is 6. The number of isocyanates is 3. The highest BCUT2D eigenvalue weighted by atomic mass is 16.1. The largest absolute Gasteiger partial charge is 0.242 e. The molecule has 1 aromatic heterocycles. The van der Waals surface area contributed by atoms with Crippen LogP contribution in [0.4, 0.5) is 17.3 Å². The van der Waals surface area contributed by atoms with E-state index in [1.54, 1.807) is 0 Å². The highest BCUT2D eigenvalue weighted by Crippen LogP contribution is 2.31. The molecule has 1 heterocycles. The van der Waals surface area contributed by atoms with Gasteiger partial charge in [-0.05, 0) is 5.21 Å². The molecule has 0 aliphatic rings. The number of rotatable bonds is 3. The highest BCUT2D eigenvalue weighted by molar-refractivity contribution is 5.74. The summed E-state index contributed by atoms with van der Waals surface area (Å²) in [6, 6.07) is 0. The van der Waals surface area contributed by atoms with Crippen molar-refractivity contribution in [2.24, 2.45) is 15.0 Å². The van der Waals surface area contributed by atoms with Crippen LogP contribution in [0.25, 0.3) is 0 Å². The Morgan fingerprint density at radius 1 is 0.800 bits per heavy atom. The van der Waals surface area contributed by atoms with Gasteiger partial charge in [0.1, 0.15) is 0 Å². The number of carbonyl (C=O) groups excluding carboxylic acids is 3. The molecule has 1 rings (SSSR count). The molecule has 0 bridgehead atoms. The lowest BCUT2D eigenvalue weighted by Gasteiger charge is -1.94. The van der Waals surface area contributed by atoms with Crippen LogP contribution in [0.15, 0.2) is 15.0 Å². The maximum atomic E-state index is 10.0. The third kappa shape index (κ3) is 2.30. The minimum atomic E-state index is -0.336. The second-order valence-corrected chi connectivity index (χ2v) is 1.89. The summed E-state index contributed by atoms with van der Waals surface area (Å²) >= 11 is 0. The first-order valence-corrected chi connectivity index (χ1v) is 3.30. The molecule has 0 saturated heterocycles. The summed E-state index contributed by atoms with van der Waals surface area (Å²) in [6.07, 6.45) is 3.50. The lowest BCUT2D eigenvalue weighted by molar-refractivity contribution is 0.563. The normalized spacial score (nSPS) is 8.00. The molecule has 1 aromatic rings. The second kappa shape index (κ2) is 5.00. The van der Waals surface area contributed by atoms with Gasteiger partial charge in [-0.2, -0.15) is 4.99 Å². The predicted molar refractivity (Wildman–Crippen MR) is 43.2 cm³/mol. The Kier molecular flexibility index (Phi) is 3.41. The maximum absolute atomic E-state index is 10.0. The van der Waals surface area contributed by atoms with Crippen LogP contribution in [0.5, 0.6) is 0 Å². The Balaban J connectivity index is 3.53. The average Bonchev–Trinajstić information content (AvgIpc) is 2.23. The second-order valence-electron chi connectivity index (χ2n) is 1.89. The fourth-order valence-electron chi connectivity index (χ4n) is 0.685. The van der Waals surface area contributed by atoms with Gasteiger partial charge in [0.15, 0.2) is 5.69 Å². The van der Waals surface area contributed by atoms with Gasteiger partial charge in [-0.1, -0.05) is 0 Å². The standard InChI is InChI=1S/C6N6O3/c13-1-7-4-5(8-2-14)10-12-11-6(4)9-3-15. The van der Waals surface area contributed by atoms with E-state index in [9.17, 15) is 14.4 Å². The zero-order chi connectivity index (χ0) is 11.1. The summed E-state index contributed by atoms with van der Waals surface area (Å²) in [5, 5.41) is 9.68. The quantitative estimate of drug-likeness (QED) is 0.494. The summed E-state index contributed by atoms with van der Waals surface area (Å²) in [6.45, 7) is 0. The van der Waals surface area contributed by atoms with Gasteiger partial charge < -0.3 is 0 Å². The SMILES string of the molecule is O=C=Nc1nnnc(N=C=O)c1N=C=O. The van der Waals surface area contributed by atoms with Gasteiger partial charge in [0.25, 0.3) is 0 Å². The molecule has 0 unspecified atom stereocenters. The van der Waals surface area contributed by atoms with Crippen LogP contribution in [0.2, 0.25) is 0 Å². The van der Waals surface area contributed by atoms with E-state index in [0.29, 0.717) is 0 Å². The molecule has 0 aliphatic heterocycles. The van der Waals surface area contributed by atoms with E-state index < -0.39 is 0 Å². The molecule has 0 N–H and O–H groups in total. The first-order valence-electron chi connectivity index (χ1n) is 3.30. The van der Waals surface area contributed by atoms with Crippen molar-refractivity contribution >= 4 is 35.6 Å². The third-order valence-electron chi connectivity index (χ3n) is 1.16. The van der Waals surface area contributed by atoms with Crippen molar-refractivity contribution in [3.8, 4) is 0 Å². The van der Waals surface area contributed by atoms with E-state index in [1.165, 1.54) is 18.2 Å². The smallest absolute Gasteiger partial charge is 0.211 e. The van der Waals surface area contributed by atoms with Gasteiger partial charge in [0.2, 0.25) is 29.9 Å². The molecule has 0 atom stereocenters. The van der Waals surface area contributed by atoms with Crippen LogP contribution in [0.3, 0.4) is 0 Å². The van der Waals surface area contributed by atoms with Crippen molar-refractivity contribution in [1.29, 1.82) is 0 Å². The fourth-order valence-corrected chi connectivity index (χ4v) is 0.685. The van der Waals surface area contributed by atoms with E-state index in [2.05, 4.69) is 30.4 Å². The monoisotopic (exact) mass is 204 g/mol. The summed E-state index contributed by atoms with van der Waals surface area (Å²) in [4.78, 5) is 39.3. The van der Waals surface area contributed by atoms with Crippen molar-refractivity contribution in [1.82, 2.24) is 15.4 Å². The predicted octanol–water partition coefficient (Wildman–Crippen LogP) is -0.227. The molecule has 0 saturated carbocycles. The molecular weight excluding hydrogens is 204 g/mol. The highest BCUT2D eigenvalue weighted by Gasteiger charge is 2.11. The van der Waals surface area contributed by atoms with Crippen molar-refractivity contribution in [2.45, 2.75) is 0 Å². The molecule has 0 aromatic carbocycles. The molecule has 15 heavy (non-hydrogen) atoms. The van der Waals surface area contributed by atoms with Crippen LogP contribution in [-0.4, -0.2) is 33.7 Å². The van der Waals surface area contributed by atoms with E-state index in [4.69, 9.17) is 0 Å². The minimum absolute atomic E-state index is 0.299.